The highest BCUT2D eigenvalue weighted by molar-refractivity contribution is 7.92. The number of aryl methyl sites for hydroxylation is 3. The maximum Gasteiger partial charge on any atom is 0.363 e. The third kappa shape index (κ3) is 30.7. The van der Waals surface area contributed by atoms with E-state index in [0.717, 1.165) is 16.7 Å². The fraction of sp³-hybridized carbons (Fsp3) is 0.342. The van der Waals surface area contributed by atoms with Gasteiger partial charge in [-0.25, -0.2) is 30.0 Å². The minimum Gasteiger partial charge on any atom is -0.379 e. The van der Waals surface area contributed by atoms with Crippen molar-refractivity contribution in [2.24, 2.45) is 5.92 Å². The van der Waals surface area contributed by atoms with Crippen LogP contribution in [0.5, 0.6) is 0 Å². The second-order valence-electron chi connectivity index (χ2n) is 24.7. The minimum atomic E-state index is -4.72. The van der Waals surface area contributed by atoms with Gasteiger partial charge in [0.05, 0.1) is 69.0 Å². The molecule has 1 saturated heterocycles. The zero-order valence-electron chi connectivity index (χ0n) is 60.2. The Hall–Kier alpha value is -10.1. The Labute approximate surface area is 638 Å². The van der Waals surface area contributed by atoms with Gasteiger partial charge in [-0.2, -0.15) is 16.8 Å². The summed E-state index contributed by atoms with van der Waals surface area (Å²) >= 11 is 0. The van der Waals surface area contributed by atoms with Crippen LogP contribution in [0.3, 0.4) is 0 Å². The first-order valence-electron chi connectivity index (χ1n) is 33.8. The number of imide groups is 1. The maximum absolute atomic E-state index is 12.9. The SMILES string of the molecule is C#CCOCCNC(=O)[C@@H](CC(=O)c1cccc(C(=O)CCS(=O)(=O)c2ccc(C)cc2)c1)CS(=O)(=O)O.C#CCOCCOCCCC(=O)C(CCNC(=O)c1cccc(C(=O)CCS(=O)(=O)c2ccc(C)cc2)c1)S(=O)(=O)O.Cc1ccc(S(=O)(=O)CCC(=O)c2cccc(C(=O)ON3C(=O)CCC3=O)c2)cc1. The standard InChI is InChI=1S/C29H35NO10S2.C26H29NO9S2.C21H19NO7S/c1-3-16-39-18-19-40-17-5-8-27(32)28(42(36,37)38)13-15-30-29(33)24-7-4-6-23(21-24)26(31)14-20-41(34,35)25-11-9-22(2)10-12-25;1-3-13-36-14-12-27-26(30)22(18-38(33,34)35)17-25(29)21-6-4-5-20(16-21)24(28)11-15-37(31,32)23-9-7-19(2)8-10-23;1-14-5-7-17(8-6-14)30(27,28)12-11-18(23)15-3-2-4-16(13-15)21(26)29-22-19(24)9-10-20(22)25/h1,4,6-7,9-12,21,28H,5,8,13-20H2,2H3,(H,30,33)(H,36,37,38);1,4-10,16,22H,11-15,17-18H2,2H3,(H,27,30)(H,33,34,35);2-8,13H,9-12H2,1H3/t;22-;/m.0./s1. The zero-order chi connectivity index (χ0) is 81.4. The third-order valence-electron chi connectivity index (χ3n) is 16.1. The summed E-state index contributed by atoms with van der Waals surface area (Å²) in [6.45, 7) is 6.20. The summed E-state index contributed by atoms with van der Waals surface area (Å²) in [5.74, 6) is -5.42. The van der Waals surface area contributed by atoms with Gasteiger partial charge >= 0.3 is 5.97 Å². The van der Waals surface area contributed by atoms with Crippen LogP contribution < -0.4 is 10.6 Å². The molecule has 588 valence electrons. The fourth-order valence-corrected chi connectivity index (χ4v) is 15.5. The van der Waals surface area contributed by atoms with Gasteiger partial charge in [0.2, 0.25) is 5.91 Å². The van der Waals surface area contributed by atoms with Crippen molar-refractivity contribution in [1.82, 2.24) is 15.7 Å². The molecule has 4 amide bonds. The van der Waals surface area contributed by atoms with Crippen LogP contribution in [0.2, 0.25) is 0 Å². The number of amides is 4. The molecule has 1 heterocycles. The molecule has 0 aliphatic carbocycles. The molecule has 1 unspecified atom stereocenters. The highest BCUT2D eigenvalue weighted by atomic mass is 32.2. The quantitative estimate of drug-likeness (QED) is 0.0103. The monoisotopic (exact) mass is 1610 g/mol. The number of nitrogens with one attached hydrogen (secondary N) is 2. The number of carbonyl (C=O) groups excluding carboxylic acids is 10. The predicted molar refractivity (Wildman–Crippen MR) is 401 cm³/mol. The van der Waals surface area contributed by atoms with Gasteiger partial charge in [0, 0.05) is 92.5 Å². The van der Waals surface area contributed by atoms with Crippen molar-refractivity contribution >= 4 is 108 Å². The Morgan fingerprint density at radius 3 is 1.30 bits per heavy atom. The van der Waals surface area contributed by atoms with E-state index in [0.29, 0.717) is 5.06 Å². The van der Waals surface area contributed by atoms with Crippen LogP contribution in [0.25, 0.3) is 0 Å². The Morgan fingerprint density at radius 1 is 0.482 bits per heavy atom. The molecule has 0 saturated carbocycles. The van der Waals surface area contributed by atoms with Gasteiger partial charge in [0.25, 0.3) is 38.0 Å². The molecule has 34 heteroatoms. The van der Waals surface area contributed by atoms with Gasteiger partial charge in [0.15, 0.2) is 58.4 Å². The number of hydrogen-bond acceptors (Lipinski definition) is 24. The van der Waals surface area contributed by atoms with Gasteiger partial charge in [-0.15, -0.1) is 17.9 Å². The Balaban J connectivity index is 0.000000299. The number of Topliss-reactive ketones (excluding diaryl/α,β-unsaturated/α-hetero) is 5. The third-order valence-corrected chi connectivity index (χ3v) is 23.3. The van der Waals surface area contributed by atoms with Crippen molar-refractivity contribution in [3.05, 3.63) is 196 Å². The number of hydroxylamine groups is 2. The topological polar surface area (TPSA) is 446 Å². The second-order valence-corrected chi connectivity index (χ2v) is 34.1. The summed E-state index contributed by atoms with van der Waals surface area (Å²) in [7, 11) is -20.3. The number of hydrogen-bond donors (Lipinski definition) is 4. The molecule has 0 bridgehead atoms. The van der Waals surface area contributed by atoms with Crippen molar-refractivity contribution < 1.29 is 118 Å². The van der Waals surface area contributed by atoms with Crippen LogP contribution in [-0.4, -0.2) is 196 Å². The lowest BCUT2D eigenvalue weighted by Crippen LogP contribution is -2.37. The molecule has 2 atom stereocenters. The van der Waals surface area contributed by atoms with Crippen molar-refractivity contribution in [1.29, 1.82) is 0 Å². The highest BCUT2D eigenvalue weighted by Gasteiger charge is 2.34. The summed E-state index contributed by atoms with van der Waals surface area (Å²) in [6, 6.07) is 35.6. The molecule has 0 aromatic heterocycles. The van der Waals surface area contributed by atoms with Crippen molar-refractivity contribution in [3.63, 3.8) is 0 Å². The van der Waals surface area contributed by atoms with E-state index in [1.54, 1.807) is 36.4 Å². The van der Waals surface area contributed by atoms with Crippen LogP contribution in [0.15, 0.2) is 160 Å². The van der Waals surface area contributed by atoms with Crippen molar-refractivity contribution in [3.8, 4) is 24.7 Å². The first-order chi connectivity index (χ1) is 51.8. The first-order valence-corrected chi connectivity index (χ1v) is 41.9. The Bertz CT molecular complexity index is 4980. The molecule has 0 radical (unpaired) electrons. The van der Waals surface area contributed by atoms with Gasteiger partial charge < -0.3 is 29.7 Å². The summed E-state index contributed by atoms with van der Waals surface area (Å²) in [5.41, 5.74) is 3.16. The largest absolute Gasteiger partial charge is 0.379 e. The summed E-state index contributed by atoms with van der Waals surface area (Å²) in [5, 5.41) is 3.61. The predicted octanol–water partition coefficient (Wildman–Crippen LogP) is 6.58. The molecule has 6 aromatic carbocycles. The van der Waals surface area contributed by atoms with E-state index in [-0.39, 0.29) is 158 Å². The Kier molecular flexibility index (Phi) is 35.6. The van der Waals surface area contributed by atoms with Gasteiger partial charge in [0.1, 0.15) is 18.5 Å². The number of benzene rings is 6. The fourth-order valence-electron chi connectivity index (χ4n) is 10.1. The molecule has 0 spiro atoms. The molecule has 29 nitrogen and oxygen atoms in total. The van der Waals surface area contributed by atoms with Gasteiger partial charge in [-0.3, -0.25) is 52.3 Å². The zero-order valence-corrected chi connectivity index (χ0v) is 64.3. The number of ketones is 5. The Morgan fingerprint density at radius 2 is 0.873 bits per heavy atom. The van der Waals surface area contributed by atoms with E-state index < -0.39 is 143 Å². The molecular formula is C76H83N3O26S5. The number of nitrogens with zero attached hydrogens (tertiary/aromatic N) is 1. The molecule has 6 aromatic rings. The number of rotatable bonds is 41. The maximum atomic E-state index is 12.9. The number of carbonyl (C=O) groups is 10. The minimum absolute atomic E-state index is 0.00611. The number of sulfone groups is 3. The molecular weight excluding hydrogens is 1530 g/mol. The van der Waals surface area contributed by atoms with E-state index in [9.17, 15) is 99.1 Å². The number of terminal acetylenes is 2. The normalized spacial score (nSPS) is 12.8. The summed E-state index contributed by atoms with van der Waals surface area (Å²) < 4.78 is 156. The lowest BCUT2D eigenvalue weighted by molar-refractivity contribution is -0.172. The van der Waals surface area contributed by atoms with E-state index >= 15 is 0 Å². The van der Waals surface area contributed by atoms with Crippen LogP contribution in [-0.2, 0) is 88.0 Å². The second kappa shape index (κ2) is 43.3. The molecule has 1 fully saturated rings. The van der Waals surface area contributed by atoms with Crippen molar-refractivity contribution in [2.45, 2.75) is 98.5 Å². The average Bonchev–Trinajstić information content (AvgIpc) is 1.64. The van der Waals surface area contributed by atoms with E-state index in [1.165, 1.54) is 109 Å². The highest BCUT2D eigenvalue weighted by Crippen LogP contribution is 2.22. The summed E-state index contributed by atoms with van der Waals surface area (Å²) in [4.78, 5) is 129. The molecule has 4 N–H and O–H groups in total. The van der Waals surface area contributed by atoms with Gasteiger partial charge in [-0.05, 0) is 100 Å². The van der Waals surface area contributed by atoms with Crippen molar-refractivity contribution in [2.75, 3.05) is 75.7 Å². The van der Waals surface area contributed by atoms with Crippen LogP contribution in [0.4, 0.5) is 0 Å². The summed E-state index contributed by atoms with van der Waals surface area (Å²) in [6.07, 6.45) is 8.32. The smallest absolute Gasteiger partial charge is 0.363 e. The number of ether oxygens (including phenoxy) is 3. The average molecular weight is 1610 g/mol. The van der Waals surface area contributed by atoms with Crippen LogP contribution >= 0.6 is 0 Å². The van der Waals surface area contributed by atoms with Gasteiger partial charge in [-0.1, -0.05) is 107 Å². The molecule has 7 rings (SSSR count). The molecule has 1 aliphatic heterocycles. The van der Waals surface area contributed by atoms with Crippen LogP contribution in [0.1, 0.15) is 137 Å². The van der Waals surface area contributed by atoms with E-state index in [4.69, 9.17) is 31.9 Å². The van der Waals surface area contributed by atoms with E-state index in [2.05, 4.69) is 22.5 Å². The first kappa shape index (κ1) is 90.5. The van der Waals surface area contributed by atoms with E-state index in [1.807, 2.05) is 20.8 Å². The molecule has 1 aliphatic rings. The lowest BCUT2D eigenvalue weighted by atomic mass is 9.96. The van der Waals surface area contributed by atoms with Crippen LogP contribution in [0, 0.1) is 51.4 Å². The molecule has 110 heavy (non-hydrogen) atoms. The lowest BCUT2D eigenvalue weighted by Gasteiger charge is -2.15.